The van der Waals surface area contributed by atoms with Crippen molar-refractivity contribution in [3.8, 4) is 0 Å². The minimum absolute atomic E-state index is 0.236. The highest BCUT2D eigenvalue weighted by Gasteiger charge is 2.10. The van der Waals surface area contributed by atoms with Crippen LogP contribution >= 0.6 is 0 Å². The van der Waals surface area contributed by atoms with Gasteiger partial charge in [-0.2, -0.15) is 0 Å². The van der Waals surface area contributed by atoms with Crippen LogP contribution in [0.2, 0.25) is 0 Å². The van der Waals surface area contributed by atoms with Gasteiger partial charge in [0, 0.05) is 0 Å². The standard InChI is InChI=1S/C17H24/c1-4-5-6-10-14-17(2,3)15-13-16-11-8-7-9-12-16/h6-13,15H,4-5,14H2,1-3H3/b10-6-,15-13+. The van der Waals surface area contributed by atoms with Crippen molar-refractivity contribution in [3.63, 3.8) is 0 Å². The molecule has 92 valence electrons. The molecule has 0 nitrogen and oxygen atoms in total. The van der Waals surface area contributed by atoms with Crippen molar-refractivity contribution in [3.05, 3.63) is 54.1 Å². The second-order valence-electron chi connectivity index (χ2n) is 5.20. The van der Waals surface area contributed by atoms with Crippen molar-refractivity contribution in [2.75, 3.05) is 0 Å². The first-order chi connectivity index (χ1) is 8.14. The second kappa shape index (κ2) is 7.11. The Bertz CT molecular complexity index is 355. The summed E-state index contributed by atoms with van der Waals surface area (Å²) in [6.45, 7) is 6.77. The predicted molar refractivity (Wildman–Crippen MR) is 77.9 cm³/mol. The van der Waals surface area contributed by atoms with Gasteiger partial charge in [0.05, 0.1) is 0 Å². The predicted octanol–water partition coefficient (Wildman–Crippen LogP) is 5.47. The molecule has 1 rings (SSSR count). The lowest BCUT2D eigenvalue weighted by Gasteiger charge is -2.17. The summed E-state index contributed by atoms with van der Waals surface area (Å²) < 4.78 is 0. The topological polar surface area (TPSA) is 0 Å². The van der Waals surface area contributed by atoms with Gasteiger partial charge >= 0.3 is 0 Å². The highest BCUT2D eigenvalue weighted by atomic mass is 14.2. The molecule has 0 heterocycles. The van der Waals surface area contributed by atoms with Crippen LogP contribution in [0.15, 0.2) is 48.6 Å². The molecule has 0 heteroatoms. The Morgan fingerprint density at radius 2 is 1.76 bits per heavy atom. The normalized spacial score (nSPS) is 12.6. The maximum Gasteiger partial charge on any atom is -0.0137 e. The van der Waals surface area contributed by atoms with Crippen molar-refractivity contribution in [2.45, 2.75) is 40.0 Å². The van der Waals surface area contributed by atoms with E-state index < -0.39 is 0 Å². The summed E-state index contributed by atoms with van der Waals surface area (Å²) in [5.74, 6) is 0. The van der Waals surface area contributed by atoms with E-state index in [4.69, 9.17) is 0 Å². The van der Waals surface area contributed by atoms with Gasteiger partial charge in [0.2, 0.25) is 0 Å². The van der Waals surface area contributed by atoms with E-state index in [2.05, 4.69) is 75.4 Å². The fraction of sp³-hybridized carbons (Fsp3) is 0.412. The van der Waals surface area contributed by atoms with E-state index in [1.807, 2.05) is 0 Å². The third-order valence-electron chi connectivity index (χ3n) is 2.79. The summed E-state index contributed by atoms with van der Waals surface area (Å²) in [4.78, 5) is 0. The Labute approximate surface area is 106 Å². The Hall–Kier alpha value is -1.30. The van der Waals surface area contributed by atoms with Gasteiger partial charge in [0.15, 0.2) is 0 Å². The zero-order chi connectivity index (χ0) is 12.6. The fourth-order valence-corrected chi connectivity index (χ4v) is 1.63. The number of unbranched alkanes of at least 4 members (excludes halogenated alkanes) is 1. The van der Waals surface area contributed by atoms with Crippen LogP contribution in [0.3, 0.4) is 0 Å². The largest absolute Gasteiger partial charge is 0.0885 e. The van der Waals surface area contributed by atoms with Crippen LogP contribution in [0.1, 0.15) is 45.6 Å². The highest BCUT2D eigenvalue weighted by molar-refractivity contribution is 5.49. The van der Waals surface area contributed by atoms with Crippen LogP contribution in [-0.4, -0.2) is 0 Å². The van der Waals surface area contributed by atoms with Crippen LogP contribution in [-0.2, 0) is 0 Å². The molecule has 0 saturated heterocycles. The molecule has 0 saturated carbocycles. The molecule has 0 aliphatic carbocycles. The number of allylic oxidation sites excluding steroid dienone is 3. The summed E-state index contributed by atoms with van der Waals surface area (Å²) in [5, 5.41) is 0. The third-order valence-corrected chi connectivity index (χ3v) is 2.79. The molecule has 0 atom stereocenters. The van der Waals surface area contributed by atoms with E-state index in [0.29, 0.717) is 0 Å². The average Bonchev–Trinajstić information content (AvgIpc) is 2.34. The first-order valence-corrected chi connectivity index (χ1v) is 6.53. The molecule has 0 amide bonds. The van der Waals surface area contributed by atoms with Crippen LogP contribution < -0.4 is 0 Å². The molecule has 0 aliphatic heterocycles. The van der Waals surface area contributed by atoms with Crippen LogP contribution in [0.25, 0.3) is 6.08 Å². The Morgan fingerprint density at radius 1 is 1.06 bits per heavy atom. The van der Waals surface area contributed by atoms with E-state index in [-0.39, 0.29) is 5.41 Å². The molecule has 0 bridgehead atoms. The van der Waals surface area contributed by atoms with Gasteiger partial charge in [-0.15, -0.1) is 0 Å². The molecule has 0 N–H and O–H groups in total. The van der Waals surface area contributed by atoms with Gasteiger partial charge in [-0.1, -0.05) is 81.8 Å². The van der Waals surface area contributed by atoms with E-state index in [0.717, 1.165) is 6.42 Å². The molecular formula is C17H24. The van der Waals surface area contributed by atoms with Crippen molar-refractivity contribution in [1.82, 2.24) is 0 Å². The molecule has 0 spiro atoms. The first kappa shape index (κ1) is 13.8. The number of rotatable bonds is 6. The number of benzene rings is 1. The van der Waals surface area contributed by atoms with E-state index in [1.165, 1.54) is 18.4 Å². The lowest BCUT2D eigenvalue weighted by atomic mass is 9.88. The summed E-state index contributed by atoms with van der Waals surface area (Å²) in [7, 11) is 0. The molecule has 0 radical (unpaired) electrons. The third kappa shape index (κ3) is 6.11. The minimum atomic E-state index is 0.236. The Morgan fingerprint density at radius 3 is 2.41 bits per heavy atom. The first-order valence-electron chi connectivity index (χ1n) is 6.53. The summed E-state index contributed by atoms with van der Waals surface area (Å²) in [6, 6.07) is 10.5. The van der Waals surface area contributed by atoms with Crippen molar-refractivity contribution < 1.29 is 0 Å². The van der Waals surface area contributed by atoms with Gasteiger partial charge in [0.25, 0.3) is 0 Å². The number of hydrogen-bond acceptors (Lipinski definition) is 0. The maximum atomic E-state index is 2.30. The average molecular weight is 228 g/mol. The van der Waals surface area contributed by atoms with Crippen molar-refractivity contribution >= 4 is 6.08 Å². The van der Waals surface area contributed by atoms with E-state index >= 15 is 0 Å². The van der Waals surface area contributed by atoms with Gasteiger partial charge < -0.3 is 0 Å². The van der Waals surface area contributed by atoms with Gasteiger partial charge in [-0.05, 0) is 23.8 Å². The Kier molecular flexibility index (Phi) is 5.76. The molecule has 0 aromatic heterocycles. The number of hydrogen-bond donors (Lipinski definition) is 0. The fourth-order valence-electron chi connectivity index (χ4n) is 1.63. The summed E-state index contributed by atoms with van der Waals surface area (Å²) in [6.07, 6.45) is 12.6. The van der Waals surface area contributed by atoms with Crippen molar-refractivity contribution in [1.29, 1.82) is 0 Å². The van der Waals surface area contributed by atoms with Gasteiger partial charge in [-0.3, -0.25) is 0 Å². The Balaban J connectivity index is 2.51. The molecule has 1 aromatic carbocycles. The van der Waals surface area contributed by atoms with E-state index in [9.17, 15) is 0 Å². The van der Waals surface area contributed by atoms with Crippen LogP contribution in [0.5, 0.6) is 0 Å². The molecule has 1 aromatic rings. The summed E-state index contributed by atoms with van der Waals surface area (Å²) in [5.41, 5.74) is 1.51. The lowest BCUT2D eigenvalue weighted by Crippen LogP contribution is -2.04. The highest BCUT2D eigenvalue weighted by Crippen LogP contribution is 2.24. The zero-order valence-electron chi connectivity index (χ0n) is 11.3. The van der Waals surface area contributed by atoms with Crippen LogP contribution in [0, 0.1) is 5.41 Å². The second-order valence-corrected chi connectivity index (χ2v) is 5.20. The lowest BCUT2D eigenvalue weighted by molar-refractivity contribution is 0.490. The smallest absolute Gasteiger partial charge is 0.0137 e. The van der Waals surface area contributed by atoms with Crippen LogP contribution in [0.4, 0.5) is 0 Å². The molecule has 0 unspecified atom stereocenters. The quantitative estimate of drug-likeness (QED) is 0.566. The maximum absolute atomic E-state index is 2.30. The monoisotopic (exact) mass is 228 g/mol. The van der Waals surface area contributed by atoms with E-state index in [1.54, 1.807) is 0 Å². The van der Waals surface area contributed by atoms with Crippen molar-refractivity contribution in [2.24, 2.45) is 5.41 Å². The van der Waals surface area contributed by atoms with Gasteiger partial charge in [-0.25, -0.2) is 0 Å². The SMILES string of the molecule is CCC/C=C\CC(C)(C)/C=C/c1ccccc1. The molecule has 17 heavy (non-hydrogen) atoms. The summed E-state index contributed by atoms with van der Waals surface area (Å²) >= 11 is 0. The minimum Gasteiger partial charge on any atom is -0.0885 e. The van der Waals surface area contributed by atoms with Gasteiger partial charge in [0.1, 0.15) is 0 Å². The molecular weight excluding hydrogens is 204 g/mol. The zero-order valence-corrected chi connectivity index (χ0v) is 11.3. The molecule has 0 fully saturated rings. The molecule has 0 aliphatic rings.